The molecule has 0 saturated carbocycles. The third kappa shape index (κ3) is 4.42. The molecule has 1 saturated heterocycles. The largest absolute Gasteiger partial charge is 0.318 e. The van der Waals surface area contributed by atoms with E-state index in [-0.39, 0.29) is 0 Å². The Morgan fingerprint density at radius 3 is 2.81 bits per heavy atom. The average Bonchev–Trinajstić information content (AvgIpc) is 2.72. The Balaban J connectivity index is 2.31. The van der Waals surface area contributed by atoms with E-state index < -0.39 is 0 Å². The van der Waals surface area contributed by atoms with Crippen LogP contribution in [0.15, 0.2) is 0 Å². The molecule has 0 radical (unpaired) electrons. The highest BCUT2D eigenvalue weighted by atomic mass is 15.2. The van der Waals surface area contributed by atoms with E-state index in [1.807, 2.05) is 0 Å². The number of unbranched alkanes of at least 4 members (excludes halogenated alkanes) is 1. The zero-order chi connectivity index (χ0) is 11.8. The highest BCUT2D eigenvalue weighted by Crippen LogP contribution is 2.21. The first-order valence-electron chi connectivity index (χ1n) is 7.20. The van der Waals surface area contributed by atoms with Crippen molar-refractivity contribution in [1.82, 2.24) is 10.2 Å². The zero-order valence-electron chi connectivity index (χ0n) is 11.5. The van der Waals surface area contributed by atoms with Gasteiger partial charge in [-0.1, -0.05) is 33.1 Å². The summed E-state index contributed by atoms with van der Waals surface area (Å²) >= 11 is 0. The molecule has 0 spiro atoms. The molecule has 0 aromatic carbocycles. The third-order valence-corrected chi connectivity index (χ3v) is 3.97. The molecular weight excluding hydrogens is 196 g/mol. The summed E-state index contributed by atoms with van der Waals surface area (Å²) in [4.78, 5) is 2.72. The molecule has 1 rings (SSSR count). The molecule has 2 atom stereocenters. The topological polar surface area (TPSA) is 15.3 Å². The molecule has 2 nitrogen and oxygen atoms in total. The van der Waals surface area contributed by atoms with Gasteiger partial charge in [0.05, 0.1) is 0 Å². The minimum Gasteiger partial charge on any atom is -0.318 e. The quantitative estimate of drug-likeness (QED) is 0.684. The molecule has 1 N–H and O–H groups in total. The van der Waals surface area contributed by atoms with E-state index in [1.54, 1.807) is 0 Å². The lowest BCUT2D eigenvalue weighted by atomic mass is 9.98. The van der Waals surface area contributed by atoms with E-state index in [0.29, 0.717) is 0 Å². The van der Waals surface area contributed by atoms with Gasteiger partial charge in [-0.25, -0.2) is 0 Å². The second-order valence-corrected chi connectivity index (χ2v) is 5.27. The van der Waals surface area contributed by atoms with Crippen molar-refractivity contribution >= 4 is 0 Å². The van der Waals surface area contributed by atoms with Crippen LogP contribution in [0.2, 0.25) is 0 Å². The summed E-state index contributed by atoms with van der Waals surface area (Å²) in [5, 5.41) is 3.33. The van der Waals surface area contributed by atoms with Crippen LogP contribution in [0.4, 0.5) is 0 Å². The van der Waals surface area contributed by atoms with E-state index >= 15 is 0 Å². The van der Waals surface area contributed by atoms with Crippen LogP contribution < -0.4 is 5.32 Å². The van der Waals surface area contributed by atoms with Crippen molar-refractivity contribution in [3.8, 4) is 0 Å². The Bertz CT molecular complexity index is 170. The van der Waals surface area contributed by atoms with E-state index in [0.717, 1.165) is 12.0 Å². The number of nitrogens with zero attached hydrogens (tertiary/aromatic N) is 1. The molecule has 1 aliphatic rings. The van der Waals surface area contributed by atoms with Gasteiger partial charge in [0.2, 0.25) is 0 Å². The van der Waals surface area contributed by atoms with Crippen molar-refractivity contribution < 1.29 is 0 Å². The van der Waals surface area contributed by atoms with Crippen molar-refractivity contribution in [1.29, 1.82) is 0 Å². The van der Waals surface area contributed by atoms with E-state index in [2.05, 4.69) is 31.1 Å². The van der Waals surface area contributed by atoms with Gasteiger partial charge >= 0.3 is 0 Å². The van der Waals surface area contributed by atoms with Gasteiger partial charge in [-0.3, -0.25) is 4.90 Å². The summed E-state index contributed by atoms with van der Waals surface area (Å²) in [6.45, 7) is 8.48. The summed E-state index contributed by atoms with van der Waals surface area (Å²) in [5.74, 6) is 0.928. The van der Waals surface area contributed by atoms with E-state index in [1.165, 1.54) is 58.2 Å². The molecule has 1 fully saturated rings. The average molecular weight is 226 g/mol. The van der Waals surface area contributed by atoms with Crippen LogP contribution in [0.25, 0.3) is 0 Å². The standard InChI is InChI=1S/C14H30N2/c1-4-6-8-13(5-2)12-16-10-7-9-14(16)11-15-3/h13-15H,4-12H2,1-3H3. The normalized spacial score (nSPS) is 23.8. The van der Waals surface area contributed by atoms with Crippen molar-refractivity contribution in [2.24, 2.45) is 5.92 Å². The summed E-state index contributed by atoms with van der Waals surface area (Å²) in [5.41, 5.74) is 0. The van der Waals surface area contributed by atoms with Gasteiger partial charge in [0.25, 0.3) is 0 Å². The molecule has 1 aliphatic heterocycles. The lowest BCUT2D eigenvalue weighted by Crippen LogP contribution is -2.39. The number of nitrogens with one attached hydrogen (secondary N) is 1. The van der Waals surface area contributed by atoms with Gasteiger partial charge < -0.3 is 5.32 Å². The second kappa shape index (κ2) is 8.08. The second-order valence-electron chi connectivity index (χ2n) is 5.27. The number of hydrogen-bond acceptors (Lipinski definition) is 2. The summed E-state index contributed by atoms with van der Waals surface area (Å²) in [6.07, 6.45) is 8.32. The van der Waals surface area contributed by atoms with E-state index in [4.69, 9.17) is 0 Å². The maximum absolute atomic E-state index is 3.33. The van der Waals surface area contributed by atoms with Crippen molar-refractivity contribution in [3.05, 3.63) is 0 Å². The number of likely N-dealkylation sites (N-methyl/N-ethyl adjacent to an activating group) is 1. The van der Waals surface area contributed by atoms with Gasteiger partial charge in [0.15, 0.2) is 0 Å². The monoisotopic (exact) mass is 226 g/mol. The first-order valence-corrected chi connectivity index (χ1v) is 7.20. The first-order chi connectivity index (χ1) is 7.81. The molecule has 0 aliphatic carbocycles. The van der Waals surface area contributed by atoms with Crippen LogP contribution in [0, 0.1) is 5.92 Å². The molecule has 16 heavy (non-hydrogen) atoms. The minimum atomic E-state index is 0.806. The van der Waals surface area contributed by atoms with Gasteiger partial charge in [-0.15, -0.1) is 0 Å². The fourth-order valence-corrected chi connectivity index (χ4v) is 2.85. The van der Waals surface area contributed by atoms with E-state index in [9.17, 15) is 0 Å². The lowest BCUT2D eigenvalue weighted by molar-refractivity contribution is 0.202. The fraction of sp³-hybridized carbons (Fsp3) is 1.00. The van der Waals surface area contributed by atoms with Crippen molar-refractivity contribution in [2.75, 3.05) is 26.7 Å². The van der Waals surface area contributed by atoms with Gasteiger partial charge in [-0.2, -0.15) is 0 Å². The molecule has 1 heterocycles. The Morgan fingerprint density at radius 1 is 1.38 bits per heavy atom. The first kappa shape index (κ1) is 14.0. The lowest BCUT2D eigenvalue weighted by Gasteiger charge is -2.28. The Morgan fingerprint density at radius 2 is 2.19 bits per heavy atom. The number of hydrogen-bond donors (Lipinski definition) is 1. The van der Waals surface area contributed by atoms with Gasteiger partial charge in [0.1, 0.15) is 0 Å². The maximum Gasteiger partial charge on any atom is 0.0221 e. The van der Waals surface area contributed by atoms with Crippen LogP contribution in [0.1, 0.15) is 52.4 Å². The predicted octanol–water partition coefficient (Wildman–Crippen LogP) is 2.89. The van der Waals surface area contributed by atoms with Crippen LogP contribution in [-0.4, -0.2) is 37.6 Å². The van der Waals surface area contributed by atoms with Gasteiger partial charge in [-0.05, 0) is 38.8 Å². The predicted molar refractivity (Wildman–Crippen MR) is 71.8 cm³/mol. The Kier molecular flexibility index (Phi) is 7.06. The summed E-state index contributed by atoms with van der Waals surface area (Å²) in [7, 11) is 2.07. The molecule has 0 aromatic rings. The van der Waals surface area contributed by atoms with Crippen molar-refractivity contribution in [3.63, 3.8) is 0 Å². The highest BCUT2D eigenvalue weighted by molar-refractivity contribution is 4.81. The summed E-state index contributed by atoms with van der Waals surface area (Å²) < 4.78 is 0. The minimum absolute atomic E-state index is 0.806. The maximum atomic E-state index is 3.33. The Labute approximate surface area is 102 Å². The Hall–Kier alpha value is -0.0800. The molecule has 0 bridgehead atoms. The molecule has 0 aromatic heterocycles. The molecule has 2 heteroatoms. The molecule has 0 amide bonds. The number of rotatable bonds is 8. The third-order valence-electron chi connectivity index (χ3n) is 3.97. The van der Waals surface area contributed by atoms with Crippen LogP contribution in [-0.2, 0) is 0 Å². The SMILES string of the molecule is CCCCC(CC)CN1CCCC1CNC. The van der Waals surface area contributed by atoms with Crippen LogP contribution in [0.5, 0.6) is 0 Å². The van der Waals surface area contributed by atoms with Crippen molar-refractivity contribution in [2.45, 2.75) is 58.4 Å². The van der Waals surface area contributed by atoms with Gasteiger partial charge in [0, 0.05) is 19.1 Å². The van der Waals surface area contributed by atoms with Crippen LogP contribution >= 0.6 is 0 Å². The number of likely N-dealkylation sites (tertiary alicyclic amines) is 1. The smallest absolute Gasteiger partial charge is 0.0221 e. The summed E-state index contributed by atoms with van der Waals surface area (Å²) in [6, 6.07) is 0.806. The molecule has 2 unspecified atom stereocenters. The molecule has 96 valence electrons. The zero-order valence-corrected chi connectivity index (χ0v) is 11.5. The fourth-order valence-electron chi connectivity index (χ4n) is 2.85. The molecular formula is C14H30N2. The van der Waals surface area contributed by atoms with Crippen LogP contribution in [0.3, 0.4) is 0 Å². The highest BCUT2D eigenvalue weighted by Gasteiger charge is 2.25.